The molecule has 1 aliphatic rings. The van der Waals surface area contributed by atoms with Crippen molar-refractivity contribution in [2.45, 2.75) is 25.5 Å². The highest BCUT2D eigenvalue weighted by atomic mass is 19.1. The first-order valence-corrected chi connectivity index (χ1v) is 11.7. The van der Waals surface area contributed by atoms with Gasteiger partial charge in [-0.3, -0.25) is 14.8 Å². The summed E-state index contributed by atoms with van der Waals surface area (Å²) in [5.41, 5.74) is 2.82. The molecular formula is C28H27F2N3O3. The van der Waals surface area contributed by atoms with Gasteiger partial charge in [-0.05, 0) is 60.5 Å². The summed E-state index contributed by atoms with van der Waals surface area (Å²) in [5.74, 6) is -1.45. The van der Waals surface area contributed by atoms with Gasteiger partial charge in [0.25, 0.3) is 5.91 Å². The second kappa shape index (κ2) is 11.8. The van der Waals surface area contributed by atoms with Crippen LogP contribution in [0.15, 0.2) is 77.9 Å². The maximum atomic E-state index is 15.1. The van der Waals surface area contributed by atoms with Crippen molar-refractivity contribution in [2.75, 3.05) is 19.8 Å². The molecule has 0 bridgehead atoms. The Bertz CT molecular complexity index is 1260. The first-order chi connectivity index (χ1) is 17.5. The molecule has 1 aliphatic heterocycles. The highest BCUT2D eigenvalue weighted by molar-refractivity contribution is 6.19. The summed E-state index contributed by atoms with van der Waals surface area (Å²) in [6.45, 7) is 2.13. The first kappa shape index (κ1) is 25.3. The van der Waals surface area contributed by atoms with Crippen LogP contribution in [-0.2, 0) is 11.2 Å². The number of aromatic nitrogens is 1. The second-order valence-electron chi connectivity index (χ2n) is 8.32. The molecule has 4 rings (SSSR count). The largest absolute Gasteiger partial charge is 0.394 e. The number of nitrogens with zero attached hydrogens (tertiary/aromatic N) is 2. The number of benzene rings is 2. The minimum Gasteiger partial charge on any atom is -0.394 e. The second-order valence-corrected chi connectivity index (χ2v) is 8.32. The van der Waals surface area contributed by atoms with Gasteiger partial charge in [-0.25, -0.2) is 8.78 Å². The number of aliphatic hydroxyl groups is 1. The Morgan fingerprint density at radius 3 is 2.61 bits per heavy atom. The van der Waals surface area contributed by atoms with Crippen molar-refractivity contribution in [3.8, 4) is 0 Å². The molecular weight excluding hydrogens is 464 g/mol. The number of carbonyl (C=O) groups is 1. The number of carbonyl (C=O) groups excluding carboxylic acids is 1. The zero-order valence-electron chi connectivity index (χ0n) is 19.8. The molecule has 2 N–H and O–H groups in total. The highest BCUT2D eigenvalue weighted by Gasteiger charge is 2.28. The molecule has 0 saturated carbocycles. The van der Waals surface area contributed by atoms with Crippen LogP contribution in [0, 0.1) is 11.6 Å². The number of ether oxygens (including phenoxy) is 1. The van der Waals surface area contributed by atoms with Gasteiger partial charge in [0.2, 0.25) is 0 Å². The maximum absolute atomic E-state index is 15.1. The van der Waals surface area contributed by atoms with E-state index in [-0.39, 0.29) is 30.1 Å². The van der Waals surface area contributed by atoms with Gasteiger partial charge in [0, 0.05) is 30.5 Å². The third-order valence-electron chi connectivity index (χ3n) is 5.94. The Balaban J connectivity index is 1.62. The predicted octanol–water partition coefficient (Wildman–Crippen LogP) is 3.98. The van der Waals surface area contributed by atoms with Crippen molar-refractivity contribution in [3.05, 3.63) is 107 Å². The van der Waals surface area contributed by atoms with Crippen molar-refractivity contribution in [1.29, 1.82) is 0 Å². The van der Waals surface area contributed by atoms with Crippen molar-refractivity contribution >= 4 is 17.2 Å². The number of amides is 1. The zero-order valence-corrected chi connectivity index (χ0v) is 19.8. The zero-order chi connectivity index (χ0) is 25.5. The average Bonchev–Trinajstić information content (AvgIpc) is 3.37. The van der Waals surface area contributed by atoms with E-state index in [1.807, 2.05) is 12.1 Å². The summed E-state index contributed by atoms with van der Waals surface area (Å²) in [4.78, 5) is 22.2. The molecule has 36 heavy (non-hydrogen) atoms. The molecule has 2 heterocycles. The molecule has 6 nitrogen and oxygen atoms in total. The summed E-state index contributed by atoms with van der Waals surface area (Å²) in [6.07, 6.45) is 3.01. The molecule has 2 atom stereocenters. The van der Waals surface area contributed by atoms with Crippen LogP contribution in [0.4, 0.5) is 8.78 Å². The fourth-order valence-electron chi connectivity index (χ4n) is 4.17. The molecule has 1 amide bonds. The van der Waals surface area contributed by atoms with Gasteiger partial charge < -0.3 is 15.2 Å². The van der Waals surface area contributed by atoms with Crippen LogP contribution in [0.3, 0.4) is 0 Å². The molecule has 0 saturated heterocycles. The van der Waals surface area contributed by atoms with Crippen molar-refractivity contribution in [2.24, 2.45) is 4.99 Å². The number of hydrogen-bond acceptors (Lipinski definition) is 5. The Morgan fingerprint density at radius 2 is 1.92 bits per heavy atom. The quantitative estimate of drug-likeness (QED) is 0.449. The van der Waals surface area contributed by atoms with E-state index >= 15 is 4.39 Å². The van der Waals surface area contributed by atoms with E-state index in [1.54, 1.807) is 37.4 Å². The number of halogens is 2. The Kier molecular flexibility index (Phi) is 8.30. The Labute approximate surface area is 208 Å². The van der Waals surface area contributed by atoms with Gasteiger partial charge in [0.1, 0.15) is 17.7 Å². The number of hydrogen-bond donors (Lipinski definition) is 2. The Hall–Kier alpha value is -3.75. The van der Waals surface area contributed by atoms with Gasteiger partial charge in [-0.15, -0.1) is 0 Å². The third-order valence-corrected chi connectivity index (χ3v) is 5.94. The summed E-state index contributed by atoms with van der Waals surface area (Å²) in [6, 6.07) is 15.1. The predicted molar refractivity (Wildman–Crippen MR) is 134 cm³/mol. The molecule has 0 unspecified atom stereocenters. The molecule has 0 aliphatic carbocycles. The van der Waals surface area contributed by atoms with Gasteiger partial charge in [0.05, 0.1) is 30.5 Å². The van der Waals surface area contributed by atoms with Crippen LogP contribution in [0.2, 0.25) is 0 Å². The fourth-order valence-corrected chi connectivity index (χ4v) is 4.17. The molecule has 8 heteroatoms. The number of nitrogens with one attached hydrogen (secondary N) is 1. The van der Waals surface area contributed by atoms with Gasteiger partial charge in [-0.1, -0.05) is 24.3 Å². The van der Waals surface area contributed by atoms with Gasteiger partial charge in [0.15, 0.2) is 0 Å². The van der Waals surface area contributed by atoms with E-state index < -0.39 is 23.9 Å². The maximum Gasteiger partial charge on any atom is 0.252 e. The van der Waals surface area contributed by atoms with Crippen LogP contribution in [0.1, 0.15) is 34.1 Å². The van der Waals surface area contributed by atoms with Crippen molar-refractivity contribution in [3.63, 3.8) is 0 Å². The third kappa shape index (κ3) is 5.90. The highest BCUT2D eigenvalue weighted by Crippen LogP contribution is 2.25. The van der Waals surface area contributed by atoms with Crippen LogP contribution >= 0.6 is 0 Å². The van der Waals surface area contributed by atoms with Gasteiger partial charge >= 0.3 is 0 Å². The summed E-state index contributed by atoms with van der Waals surface area (Å²) in [7, 11) is 0. The normalized spacial score (nSPS) is 14.7. The van der Waals surface area contributed by atoms with E-state index in [9.17, 15) is 14.3 Å². The molecule has 3 aromatic rings. The van der Waals surface area contributed by atoms with Crippen LogP contribution < -0.4 is 5.32 Å². The lowest BCUT2D eigenvalue weighted by Crippen LogP contribution is -2.48. The van der Waals surface area contributed by atoms with E-state index in [1.165, 1.54) is 30.3 Å². The lowest BCUT2D eigenvalue weighted by atomic mass is 9.98. The van der Waals surface area contributed by atoms with Gasteiger partial charge in [-0.2, -0.15) is 0 Å². The number of allylic oxidation sites excluding steroid dienone is 1. The molecule has 0 fully saturated rings. The minimum absolute atomic E-state index is 0.0839. The summed E-state index contributed by atoms with van der Waals surface area (Å²) >= 11 is 0. The summed E-state index contributed by atoms with van der Waals surface area (Å²) in [5, 5.41) is 12.8. The topological polar surface area (TPSA) is 83.8 Å². The molecule has 2 aromatic carbocycles. The number of aliphatic imine (C=N–C) groups is 1. The van der Waals surface area contributed by atoms with Crippen molar-refractivity contribution < 1.29 is 23.4 Å². The first-order valence-electron chi connectivity index (χ1n) is 11.7. The smallest absolute Gasteiger partial charge is 0.252 e. The molecule has 0 spiro atoms. The van der Waals surface area contributed by atoms with Crippen LogP contribution in [0.5, 0.6) is 0 Å². The molecule has 1 aromatic heterocycles. The lowest BCUT2D eigenvalue weighted by molar-refractivity contribution is -0.00331. The van der Waals surface area contributed by atoms with Crippen LogP contribution in [-0.4, -0.2) is 53.6 Å². The monoisotopic (exact) mass is 491 g/mol. The number of pyridine rings is 1. The molecule has 186 valence electrons. The van der Waals surface area contributed by atoms with E-state index in [0.29, 0.717) is 24.4 Å². The summed E-state index contributed by atoms with van der Waals surface area (Å²) < 4.78 is 34.0. The standard InChI is InChI=1S/C28H27F2N3O3/c1-2-36-26(17-34)24(15-21-6-3-4-13-31-21)33-28(35)22-7-5-8-23(30)27(22)25-14-19(16-32-25)18-9-11-20(29)12-10-18/h3-14,24,26,34H,2,15-17H2,1H3,(H,33,35)/t24-,26-/m1/s1. The average molecular weight is 492 g/mol. The number of rotatable bonds is 10. The van der Waals surface area contributed by atoms with E-state index in [0.717, 1.165) is 11.1 Å². The van der Waals surface area contributed by atoms with Crippen molar-refractivity contribution in [1.82, 2.24) is 10.3 Å². The molecule has 0 radical (unpaired) electrons. The number of aliphatic hydroxyl groups excluding tert-OH is 1. The van der Waals surface area contributed by atoms with Crippen LogP contribution in [0.25, 0.3) is 5.57 Å². The minimum atomic E-state index is -0.674. The Morgan fingerprint density at radius 1 is 1.11 bits per heavy atom. The lowest BCUT2D eigenvalue weighted by Gasteiger charge is -2.27. The van der Waals surface area contributed by atoms with E-state index in [4.69, 9.17) is 4.74 Å². The van der Waals surface area contributed by atoms with E-state index in [2.05, 4.69) is 15.3 Å². The fraction of sp³-hybridized carbons (Fsp3) is 0.250. The SMILES string of the molecule is CCO[C@H](CO)[C@@H](Cc1ccccn1)NC(=O)c1cccc(F)c1C1=NCC(c2ccc(F)cc2)=C1.